The van der Waals surface area contributed by atoms with Gasteiger partial charge in [0.2, 0.25) is 0 Å². The molecule has 3 rings (SSSR count). The number of carbonyl (C=O) groups is 1. The van der Waals surface area contributed by atoms with E-state index in [0.717, 1.165) is 12.0 Å². The van der Waals surface area contributed by atoms with Crippen molar-refractivity contribution in [3.05, 3.63) is 66.2 Å². The number of carbonyl (C=O) groups excluding carboxylic acids is 1. The summed E-state index contributed by atoms with van der Waals surface area (Å²) < 4.78 is 10.6. The van der Waals surface area contributed by atoms with E-state index in [4.69, 9.17) is 9.47 Å². The van der Waals surface area contributed by atoms with Crippen LogP contribution in [0.3, 0.4) is 0 Å². The van der Waals surface area contributed by atoms with Crippen molar-refractivity contribution in [2.45, 2.75) is 6.42 Å². The highest BCUT2D eigenvalue weighted by Gasteiger charge is 2.06. The molecule has 3 aromatic rings. The van der Waals surface area contributed by atoms with Crippen LogP contribution in [0.15, 0.2) is 60.7 Å². The molecule has 2 amide bonds. The Labute approximate surface area is 169 Å². The van der Waals surface area contributed by atoms with Crippen LogP contribution in [0.2, 0.25) is 0 Å². The second-order valence-corrected chi connectivity index (χ2v) is 6.12. The molecule has 0 bridgehead atoms. The van der Waals surface area contributed by atoms with Crippen LogP contribution < -0.4 is 25.4 Å². The van der Waals surface area contributed by atoms with E-state index in [0.29, 0.717) is 35.4 Å². The molecule has 0 radical (unpaired) electrons. The van der Waals surface area contributed by atoms with Crippen molar-refractivity contribution >= 4 is 23.4 Å². The second kappa shape index (κ2) is 9.93. The van der Waals surface area contributed by atoms with Gasteiger partial charge < -0.3 is 20.1 Å². The van der Waals surface area contributed by atoms with E-state index in [1.165, 1.54) is 0 Å². The van der Waals surface area contributed by atoms with E-state index in [1.807, 2.05) is 36.4 Å². The van der Waals surface area contributed by atoms with Crippen LogP contribution in [0.25, 0.3) is 0 Å². The van der Waals surface area contributed by atoms with Crippen LogP contribution in [0.1, 0.15) is 5.56 Å². The lowest BCUT2D eigenvalue weighted by Crippen LogP contribution is -2.20. The zero-order valence-corrected chi connectivity index (χ0v) is 16.3. The van der Waals surface area contributed by atoms with Crippen molar-refractivity contribution < 1.29 is 14.3 Å². The number of aromatic nitrogens is 2. The molecule has 29 heavy (non-hydrogen) atoms. The Kier molecular flexibility index (Phi) is 6.83. The fourth-order valence-electron chi connectivity index (χ4n) is 2.66. The van der Waals surface area contributed by atoms with Gasteiger partial charge in [-0.3, -0.25) is 5.32 Å². The van der Waals surface area contributed by atoms with Crippen molar-refractivity contribution in [3.8, 4) is 11.5 Å². The van der Waals surface area contributed by atoms with Crippen LogP contribution >= 0.6 is 0 Å². The lowest BCUT2D eigenvalue weighted by molar-refractivity contribution is 0.262. The number of amides is 2. The standard InChI is InChI=1S/C21H23N5O3/c1-28-17-9-8-15(14-18(17)29-2)12-13-22-19-10-11-20(26-25-19)24-21(27)23-16-6-4-3-5-7-16/h3-11,14H,12-13H2,1-2H3,(H,22,25)(H2,23,24,26,27). The van der Waals surface area contributed by atoms with Crippen LogP contribution in [-0.2, 0) is 6.42 Å². The molecule has 0 saturated carbocycles. The van der Waals surface area contributed by atoms with Crippen LogP contribution in [0.4, 0.5) is 22.1 Å². The quantitative estimate of drug-likeness (QED) is 0.539. The third kappa shape index (κ3) is 5.83. The summed E-state index contributed by atoms with van der Waals surface area (Å²) in [5.41, 5.74) is 1.81. The molecule has 0 aliphatic carbocycles. The summed E-state index contributed by atoms with van der Waals surface area (Å²) in [5, 5.41) is 16.7. The Balaban J connectivity index is 1.47. The molecule has 0 saturated heterocycles. The van der Waals surface area contributed by atoms with E-state index in [-0.39, 0.29) is 6.03 Å². The van der Waals surface area contributed by atoms with Crippen molar-refractivity contribution in [2.75, 3.05) is 36.7 Å². The highest BCUT2D eigenvalue weighted by atomic mass is 16.5. The number of nitrogens with zero attached hydrogens (tertiary/aromatic N) is 2. The summed E-state index contributed by atoms with van der Waals surface area (Å²) in [6, 6.07) is 18.1. The summed E-state index contributed by atoms with van der Waals surface area (Å²) in [6.07, 6.45) is 0.779. The molecule has 0 aliphatic rings. The first kappa shape index (κ1) is 19.9. The van der Waals surface area contributed by atoms with Gasteiger partial charge in [0.05, 0.1) is 14.2 Å². The number of para-hydroxylation sites is 1. The number of rotatable bonds is 8. The maximum atomic E-state index is 12.0. The van der Waals surface area contributed by atoms with Crippen LogP contribution in [0.5, 0.6) is 11.5 Å². The average molecular weight is 393 g/mol. The highest BCUT2D eigenvalue weighted by Crippen LogP contribution is 2.27. The molecule has 1 aromatic heterocycles. The first-order valence-corrected chi connectivity index (χ1v) is 9.09. The van der Waals surface area contributed by atoms with Gasteiger partial charge in [0, 0.05) is 12.2 Å². The fourth-order valence-corrected chi connectivity index (χ4v) is 2.66. The average Bonchev–Trinajstić information content (AvgIpc) is 2.75. The minimum absolute atomic E-state index is 0.365. The number of methoxy groups -OCH3 is 2. The minimum atomic E-state index is -0.375. The molecule has 0 unspecified atom stereocenters. The summed E-state index contributed by atoms with van der Waals surface area (Å²) in [5.74, 6) is 2.40. The molecular weight excluding hydrogens is 370 g/mol. The third-order valence-corrected chi connectivity index (χ3v) is 4.11. The number of benzene rings is 2. The molecule has 0 atom stereocenters. The molecular formula is C21H23N5O3. The third-order valence-electron chi connectivity index (χ3n) is 4.11. The smallest absolute Gasteiger partial charge is 0.324 e. The number of hydrogen-bond acceptors (Lipinski definition) is 6. The number of hydrogen-bond donors (Lipinski definition) is 3. The summed E-state index contributed by atoms with van der Waals surface area (Å²) in [6.45, 7) is 0.672. The SMILES string of the molecule is COc1ccc(CCNc2ccc(NC(=O)Nc3ccccc3)nn2)cc1OC. The van der Waals surface area contributed by atoms with Gasteiger partial charge in [0.1, 0.15) is 5.82 Å². The topological polar surface area (TPSA) is 97.4 Å². The van der Waals surface area contributed by atoms with Gasteiger partial charge in [-0.2, -0.15) is 0 Å². The van der Waals surface area contributed by atoms with E-state index in [9.17, 15) is 4.79 Å². The molecule has 8 heteroatoms. The maximum Gasteiger partial charge on any atom is 0.324 e. The van der Waals surface area contributed by atoms with Crippen molar-refractivity contribution in [3.63, 3.8) is 0 Å². The highest BCUT2D eigenvalue weighted by molar-refractivity contribution is 5.99. The number of nitrogens with one attached hydrogen (secondary N) is 3. The molecule has 2 aromatic carbocycles. The Hall–Kier alpha value is -3.81. The van der Waals surface area contributed by atoms with Crippen LogP contribution in [-0.4, -0.2) is 37.0 Å². The molecule has 0 fully saturated rings. The Bertz CT molecular complexity index is 933. The van der Waals surface area contributed by atoms with Gasteiger partial charge in [-0.15, -0.1) is 10.2 Å². The monoisotopic (exact) mass is 393 g/mol. The van der Waals surface area contributed by atoms with E-state index in [1.54, 1.807) is 38.5 Å². The first-order chi connectivity index (χ1) is 14.2. The molecule has 8 nitrogen and oxygen atoms in total. The lowest BCUT2D eigenvalue weighted by atomic mass is 10.1. The zero-order valence-electron chi connectivity index (χ0n) is 16.3. The predicted molar refractivity (Wildman–Crippen MR) is 113 cm³/mol. The minimum Gasteiger partial charge on any atom is -0.493 e. The maximum absolute atomic E-state index is 12.0. The van der Waals surface area contributed by atoms with Gasteiger partial charge in [0.25, 0.3) is 0 Å². The second-order valence-electron chi connectivity index (χ2n) is 6.12. The van der Waals surface area contributed by atoms with Gasteiger partial charge in [-0.25, -0.2) is 4.79 Å². The zero-order chi connectivity index (χ0) is 20.5. The van der Waals surface area contributed by atoms with E-state index < -0.39 is 0 Å². The number of urea groups is 1. The fraction of sp³-hybridized carbons (Fsp3) is 0.190. The lowest BCUT2D eigenvalue weighted by Gasteiger charge is -2.10. The van der Waals surface area contributed by atoms with E-state index >= 15 is 0 Å². The largest absolute Gasteiger partial charge is 0.493 e. The number of anilines is 3. The summed E-state index contributed by atoms with van der Waals surface area (Å²) in [4.78, 5) is 12.0. The van der Waals surface area contributed by atoms with Crippen LogP contribution in [0, 0.1) is 0 Å². The molecule has 0 spiro atoms. The summed E-state index contributed by atoms with van der Waals surface area (Å²) >= 11 is 0. The van der Waals surface area contributed by atoms with Gasteiger partial charge in [-0.1, -0.05) is 24.3 Å². The Morgan fingerprint density at radius 1 is 0.862 bits per heavy atom. The molecule has 1 heterocycles. The van der Waals surface area contributed by atoms with Gasteiger partial charge in [0.15, 0.2) is 17.3 Å². The van der Waals surface area contributed by atoms with Gasteiger partial charge >= 0.3 is 6.03 Å². The van der Waals surface area contributed by atoms with Crippen molar-refractivity contribution in [1.82, 2.24) is 10.2 Å². The summed E-state index contributed by atoms with van der Waals surface area (Å²) in [7, 11) is 3.23. The first-order valence-electron chi connectivity index (χ1n) is 9.09. The normalized spacial score (nSPS) is 10.1. The molecule has 3 N–H and O–H groups in total. The van der Waals surface area contributed by atoms with Crippen molar-refractivity contribution in [1.29, 1.82) is 0 Å². The Morgan fingerprint density at radius 2 is 1.59 bits per heavy atom. The number of ether oxygens (including phenoxy) is 2. The van der Waals surface area contributed by atoms with Gasteiger partial charge in [-0.05, 0) is 48.4 Å². The van der Waals surface area contributed by atoms with E-state index in [2.05, 4.69) is 26.1 Å². The molecule has 0 aliphatic heterocycles. The Morgan fingerprint density at radius 3 is 2.28 bits per heavy atom. The molecule has 150 valence electrons. The predicted octanol–water partition coefficient (Wildman–Crippen LogP) is 3.79. The van der Waals surface area contributed by atoms with Crippen molar-refractivity contribution in [2.24, 2.45) is 0 Å².